The lowest BCUT2D eigenvalue weighted by atomic mass is 9.82. The number of rotatable bonds is 6. The number of nitrogens with one attached hydrogen (secondary N) is 1. The van der Waals surface area contributed by atoms with Crippen LogP contribution in [0.5, 0.6) is 0 Å². The van der Waals surface area contributed by atoms with Crippen LogP contribution in [0.2, 0.25) is 10.0 Å². The third kappa shape index (κ3) is 4.86. The summed E-state index contributed by atoms with van der Waals surface area (Å²) in [5, 5.41) is 5.08. The number of ether oxygens (including phenoxy) is 1. The van der Waals surface area contributed by atoms with Crippen molar-refractivity contribution in [1.29, 1.82) is 0 Å². The van der Waals surface area contributed by atoms with Crippen LogP contribution in [0.3, 0.4) is 0 Å². The minimum absolute atomic E-state index is 0.246. The highest BCUT2D eigenvalue weighted by molar-refractivity contribution is 8.03. The number of hydrogen-bond acceptors (Lipinski definition) is 5. The summed E-state index contributed by atoms with van der Waals surface area (Å²) in [5.74, 6) is -1.01. The molecule has 0 unspecified atom stereocenters. The van der Waals surface area contributed by atoms with Crippen LogP contribution in [0.15, 0.2) is 75.3 Å². The van der Waals surface area contributed by atoms with Crippen molar-refractivity contribution in [3.8, 4) is 0 Å². The average Bonchev–Trinajstić information content (AvgIpc) is 2.70. The molecule has 1 N–H and O–H groups in total. The Morgan fingerprint density at radius 1 is 1.10 bits per heavy atom. The molecule has 7 heteroatoms. The van der Waals surface area contributed by atoms with Gasteiger partial charge in [-0.1, -0.05) is 47.1 Å². The van der Waals surface area contributed by atoms with Gasteiger partial charge in [0.1, 0.15) is 6.29 Å². The van der Waals surface area contributed by atoms with Crippen molar-refractivity contribution in [2.45, 2.75) is 24.7 Å². The fourth-order valence-electron chi connectivity index (χ4n) is 3.12. The number of esters is 1. The molecule has 4 nitrogen and oxygen atoms in total. The first kappa shape index (κ1) is 21.5. The Hall–Kier alpha value is -2.21. The first-order valence-corrected chi connectivity index (χ1v) is 10.5. The Morgan fingerprint density at radius 3 is 2.24 bits per heavy atom. The van der Waals surface area contributed by atoms with E-state index in [1.807, 2.05) is 24.3 Å². The molecule has 2 aromatic carbocycles. The van der Waals surface area contributed by atoms with E-state index in [2.05, 4.69) is 5.32 Å². The molecule has 1 aliphatic rings. The minimum Gasteiger partial charge on any atom is -0.463 e. The summed E-state index contributed by atoms with van der Waals surface area (Å²) in [7, 11) is 0. The number of allylic oxidation sites excluding steroid dienone is 2. The molecule has 0 saturated heterocycles. The number of carbonyl (C=O) groups is 2. The van der Waals surface area contributed by atoms with E-state index in [4.69, 9.17) is 27.9 Å². The van der Waals surface area contributed by atoms with E-state index in [0.29, 0.717) is 31.9 Å². The highest BCUT2D eigenvalue weighted by Gasteiger charge is 2.35. The van der Waals surface area contributed by atoms with Crippen LogP contribution in [0.1, 0.15) is 25.3 Å². The summed E-state index contributed by atoms with van der Waals surface area (Å²) < 4.78 is 5.26. The van der Waals surface area contributed by atoms with Crippen LogP contribution >= 0.6 is 35.0 Å². The third-order valence-electron chi connectivity index (χ3n) is 4.43. The van der Waals surface area contributed by atoms with Crippen molar-refractivity contribution >= 4 is 47.2 Å². The van der Waals surface area contributed by atoms with Crippen molar-refractivity contribution in [2.75, 3.05) is 6.61 Å². The van der Waals surface area contributed by atoms with Crippen molar-refractivity contribution < 1.29 is 14.3 Å². The van der Waals surface area contributed by atoms with Gasteiger partial charge in [0.25, 0.3) is 0 Å². The van der Waals surface area contributed by atoms with E-state index in [1.54, 1.807) is 38.1 Å². The number of carbonyl (C=O) groups excluding carboxylic acids is 2. The molecule has 2 aromatic rings. The number of hydrogen-bond donors (Lipinski definition) is 1. The first-order valence-electron chi connectivity index (χ1n) is 8.97. The zero-order valence-electron chi connectivity index (χ0n) is 15.9. The first-order chi connectivity index (χ1) is 13.9. The monoisotopic (exact) mass is 447 g/mol. The third-order valence-corrected chi connectivity index (χ3v) is 5.98. The SMILES string of the molecule is CCOC(=O)C1=C(C)NC(Sc2ccc(Cl)cc2)=C(C=O)[C@H]1c1ccc(Cl)cc1. The van der Waals surface area contributed by atoms with E-state index < -0.39 is 11.9 Å². The second kappa shape index (κ2) is 9.53. The smallest absolute Gasteiger partial charge is 0.336 e. The van der Waals surface area contributed by atoms with E-state index in [9.17, 15) is 9.59 Å². The number of dihydropyridines is 1. The quantitative estimate of drug-likeness (QED) is 0.453. The van der Waals surface area contributed by atoms with E-state index in [-0.39, 0.29) is 6.61 Å². The molecule has 1 heterocycles. The Balaban J connectivity index is 2.10. The Labute approximate surface area is 183 Å². The molecule has 0 fully saturated rings. The van der Waals surface area contributed by atoms with Crippen molar-refractivity contribution in [3.05, 3.63) is 86.0 Å². The predicted molar refractivity (Wildman–Crippen MR) is 117 cm³/mol. The van der Waals surface area contributed by atoms with Gasteiger partial charge in [-0.2, -0.15) is 0 Å². The average molecular weight is 448 g/mol. The van der Waals surface area contributed by atoms with Crippen molar-refractivity contribution in [3.63, 3.8) is 0 Å². The minimum atomic E-state index is -0.556. The topological polar surface area (TPSA) is 55.4 Å². The van der Waals surface area contributed by atoms with Crippen LogP contribution in [-0.4, -0.2) is 18.9 Å². The number of aldehydes is 1. The second-order valence-corrected chi connectivity index (χ2v) is 8.28. The molecular formula is C22H19Cl2NO3S. The maximum Gasteiger partial charge on any atom is 0.336 e. The summed E-state index contributed by atoms with van der Waals surface area (Å²) in [6, 6.07) is 14.5. The normalized spacial score (nSPS) is 16.5. The maximum atomic E-state index is 12.7. The van der Waals surface area contributed by atoms with Gasteiger partial charge in [-0.15, -0.1) is 0 Å². The fourth-order valence-corrected chi connectivity index (χ4v) is 4.37. The molecule has 0 spiro atoms. The van der Waals surface area contributed by atoms with Crippen molar-refractivity contribution in [1.82, 2.24) is 5.32 Å². The van der Waals surface area contributed by atoms with Gasteiger partial charge in [0.05, 0.1) is 17.2 Å². The number of thioether (sulfide) groups is 1. The van der Waals surface area contributed by atoms with Crippen LogP contribution < -0.4 is 5.32 Å². The van der Waals surface area contributed by atoms with Crippen LogP contribution in [0, 0.1) is 0 Å². The van der Waals surface area contributed by atoms with Gasteiger partial charge in [-0.3, -0.25) is 4.79 Å². The van der Waals surface area contributed by atoms with Gasteiger partial charge < -0.3 is 10.1 Å². The van der Waals surface area contributed by atoms with E-state index in [1.165, 1.54) is 11.8 Å². The van der Waals surface area contributed by atoms with Gasteiger partial charge in [0.15, 0.2) is 0 Å². The van der Waals surface area contributed by atoms with E-state index >= 15 is 0 Å². The molecule has 1 atom stereocenters. The van der Waals surface area contributed by atoms with Crippen LogP contribution in [0.25, 0.3) is 0 Å². The van der Waals surface area contributed by atoms with Crippen LogP contribution in [0.4, 0.5) is 0 Å². The maximum absolute atomic E-state index is 12.7. The Morgan fingerprint density at radius 2 is 1.69 bits per heavy atom. The Kier molecular flexibility index (Phi) is 7.06. The van der Waals surface area contributed by atoms with Gasteiger partial charge in [0.2, 0.25) is 0 Å². The molecule has 1 aliphatic heterocycles. The fraction of sp³-hybridized carbons (Fsp3) is 0.182. The molecule has 0 radical (unpaired) electrons. The van der Waals surface area contributed by atoms with E-state index in [0.717, 1.165) is 16.7 Å². The number of halogens is 2. The molecule has 3 rings (SSSR count). The van der Waals surface area contributed by atoms with Gasteiger partial charge in [-0.05, 0) is 55.8 Å². The zero-order chi connectivity index (χ0) is 21.0. The summed E-state index contributed by atoms with van der Waals surface area (Å²) in [6.07, 6.45) is 0.788. The zero-order valence-corrected chi connectivity index (χ0v) is 18.2. The molecule has 29 heavy (non-hydrogen) atoms. The summed E-state index contributed by atoms with van der Waals surface area (Å²) in [5.41, 5.74) is 2.30. The summed E-state index contributed by atoms with van der Waals surface area (Å²) >= 11 is 13.4. The lowest BCUT2D eigenvalue weighted by Crippen LogP contribution is -2.29. The Bertz CT molecular complexity index is 982. The van der Waals surface area contributed by atoms with Crippen LogP contribution in [-0.2, 0) is 14.3 Å². The van der Waals surface area contributed by atoms with Gasteiger partial charge >= 0.3 is 5.97 Å². The highest BCUT2D eigenvalue weighted by Crippen LogP contribution is 2.42. The highest BCUT2D eigenvalue weighted by atomic mass is 35.5. The molecular weight excluding hydrogens is 429 g/mol. The molecule has 150 valence electrons. The summed E-state index contributed by atoms with van der Waals surface area (Å²) in [4.78, 5) is 25.8. The molecule has 0 amide bonds. The second-order valence-electron chi connectivity index (χ2n) is 6.33. The van der Waals surface area contributed by atoms with Gasteiger partial charge in [-0.25, -0.2) is 4.79 Å². The lowest BCUT2D eigenvalue weighted by Gasteiger charge is -2.30. The molecule has 0 bridgehead atoms. The lowest BCUT2D eigenvalue weighted by molar-refractivity contribution is -0.138. The molecule has 0 aromatic heterocycles. The molecule has 0 saturated carbocycles. The number of benzene rings is 2. The van der Waals surface area contributed by atoms with Gasteiger partial charge in [0, 0.05) is 32.1 Å². The predicted octanol–water partition coefficient (Wildman–Crippen LogP) is 5.72. The van der Waals surface area contributed by atoms with Crippen molar-refractivity contribution in [2.24, 2.45) is 0 Å². The summed E-state index contributed by atoms with van der Waals surface area (Å²) in [6.45, 7) is 3.80. The molecule has 0 aliphatic carbocycles. The standard InChI is InChI=1S/C22H19Cl2NO3S/c1-3-28-22(27)19-13(2)25-21(29-17-10-8-16(24)9-11-17)18(12-26)20(19)14-4-6-15(23)7-5-14/h4-12,20,25H,3H2,1-2H3/t20-/m1/s1. The largest absolute Gasteiger partial charge is 0.463 e.